The second kappa shape index (κ2) is 9.52. The highest BCUT2D eigenvalue weighted by atomic mass is 16.2. The van der Waals surface area contributed by atoms with Gasteiger partial charge in [-0.25, -0.2) is 0 Å². The zero-order valence-corrected chi connectivity index (χ0v) is 16.8. The average Bonchev–Trinajstić information content (AvgIpc) is 3.24. The summed E-state index contributed by atoms with van der Waals surface area (Å²) in [4.78, 5) is 18.8. The van der Waals surface area contributed by atoms with Crippen LogP contribution in [0, 0.1) is 0 Å². The van der Waals surface area contributed by atoms with Crippen LogP contribution in [0.5, 0.6) is 0 Å². The van der Waals surface area contributed by atoms with Crippen LogP contribution < -0.4 is 10.2 Å². The van der Waals surface area contributed by atoms with Crippen molar-refractivity contribution in [1.82, 2.24) is 14.9 Å². The minimum atomic E-state index is 0.0348. The molecule has 150 valence electrons. The first kappa shape index (κ1) is 19.4. The summed E-state index contributed by atoms with van der Waals surface area (Å²) >= 11 is 0. The number of pyridine rings is 1. The lowest BCUT2D eigenvalue weighted by atomic mass is 10.0. The number of nitrogens with one attached hydrogen (secondary N) is 2. The van der Waals surface area contributed by atoms with E-state index in [1.54, 1.807) is 4.90 Å². The Morgan fingerprint density at radius 2 is 1.83 bits per heavy atom. The first-order valence-corrected chi connectivity index (χ1v) is 10.5. The Labute approximate surface area is 172 Å². The number of benzene rings is 1. The zero-order chi connectivity index (χ0) is 19.9. The Bertz CT molecular complexity index is 899. The van der Waals surface area contributed by atoms with Crippen LogP contribution in [0.3, 0.4) is 0 Å². The van der Waals surface area contributed by atoms with Crippen LogP contribution in [-0.4, -0.2) is 34.6 Å². The molecule has 0 saturated carbocycles. The van der Waals surface area contributed by atoms with Crippen molar-refractivity contribution in [3.05, 3.63) is 90.0 Å². The molecule has 29 heavy (non-hydrogen) atoms. The predicted molar refractivity (Wildman–Crippen MR) is 114 cm³/mol. The van der Waals surface area contributed by atoms with E-state index in [0.29, 0.717) is 0 Å². The van der Waals surface area contributed by atoms with Gasteiger partial charge in [-0.1, -0.05) is 36.4 Å². The van der Waals surface area contributed by atoms with E-state index in [0.717, 1.165) is 56.8 Å². The van der Waals surface area contributed by atoms with Crippen LogP contribution in [0.1, 0.15) is 34.6 Å². The molecule has 0 radical (unpaired) electrons. The third-order valence-electron chi connectivity index (χ3n) is 5.72. The minimum Gasteiger partial charge on any atom is -0.348 e. The lowest BCUT2D eigenvalue weighted by molar-refractivity contribution is -0.918. The molecule has 0 aliphatic carbocycles. The lowest BCUT2D eigenvalue weighted by Gasteiger charge is -2.30. The van der Waals surface area contributed by atoms with Gasteiger partial charge in [0.15, 0.2) is 0 Å². The molecule has 1 aliphatic heterocycles. The van der Waals surface area contributed by atoms with Gasteiger partial charge in [0.2, 0.25) is 0 Å². The SMILES string of the molecule is O=C(NC1CC[NH+](Cc2ccccc2)CC1)c1cccn1CCc1ccccn1. The molecule has 1 saturated heterocycles. The molecule has 2 aromatic heterocycles. The maximum absolute atomic E-state index is 12.8. The van der Waals surface area contributed by atoms with Crippen molar-refractivity contribution in [3.63, 3.8) is 0 Å². The first-order valence-electron chi connectivity index (χ1n) is 10.5. The molecule has 4 rings (SSSR count). The molecular formula is C24H29N4O+. The number of hydrogen-bond donors (Lipinski definition) is 2. The summed E-state index contributed by atoms with van der Waals surface area (Å²) in [7, 11) is 0. The summed E-state index contributed by atoms with van der Waals surface area (Å²) in [6.07, 6.45) is 6.66. The molecule has 1 amide bonds. The summed E-state index contributed by atoms with van der Waals surface area (Å²) in [5, 5.41) is 3.26. The molecule has 1 aromatic carbocycles. The molecule has 3 heterocycles. The lowest BCUT2D eigenvalue weighted by Crippen LogP contribution is -3.12. The van der Waals surface area contributed by atoms with Gasteiger partial charge in [0.05, 0.1) is 13.1 Å². The van der Waals surface area contributed by atoms with Crippen LogP contribution in [-0.2, 0) is 19.5 Å². The van der Waals surface area contributed by atoms with E-state index in [2.05, 4.69) is 40.6 Å². The number of piperidine rings is 1. The van der Waals surface area contributed by atoms with Crippen LogP contribution in [0.2, 0.25) is 0 Å². The zero-order valence-electron chi connectivity index (χ0n) is 16.8. The number of rotatable bonds is 7. The molecule has 0 bridgehead atoms. The number of aryl methyl sites for hydroxylation is 2. The van der Waals surface area contributed by atoms with Gasteiger partial charge >= 0.3 is 0 Å². The maximum Gasteiger partial charge on any atom is 0.268 e. The Hall–Kier alpha value is -2.92. The molecule has 5 nitrogen and oxygen atoms in total. The molecule has 3 aromatic rings. The van der Waals surface area contributed by atoms with Gasteiger partial charge in [0.1, 0.15) is 12.2 Å². The minimum absolute atomic E-state index is 0.0348. The summed E-state index contributed by atoms with van der Waals surface area (Å²) in [5.41, 5.74) is 3.16. The van der Waals surface area contributed by atoms with Gasteiger partial charge in [0.25, 0.3) is 5.91 Å². The maximum atomic E-state index is 12.8. The molecule has 0 spiro atoms. The van der Waals surface area contributed by atoms with Crippen LogP contribution >= 0.6 is 0 Å². The van der Waals surface area contributed by atoms with Crippen molar-refractivity contribution in [3.8, 4) is 0 Å². The first-order chi connectivity index (χ1) is 14.3. The number of quaternary nitrogens is 1. The van der Waals surface area contributed by atoms with E-state index in [1.807, 2.05) is 47.3 Å². The average molecular weight is 390 g/mol. The summed E-state index contributed by atoms with van der Waals surface area (Å²) < 4.78 is 2.03. The monoisotopic (exact) mass is 389 g/mol. The van der Waals surface area contributed by atoms with Gasteiger partial charge in [-0.3, -0.25) is 9.78 Å². The number of carbonyl (C=O) groups excluding carboxylic acids is 1. The second-order valence-electron chi connectivity index (χ2n) is 7.82. The van der Waals surface area contributed by atoms with E-state index in [9.17, 15) is 4.79 Å². The third kappa shape index (κ3) is 5.33. The number of amides is 1. The summed E-state index contributed by atoms with van der Waals surface area (Å²) in [6.45, 7) is 4.02. The van der Waals surface area contributed by atoms with E-state index < -0.39 is 0 Å². The molecule has 1 aliphatic rings. The van der Waals surface area contributed by atoms with E-state index in [-0.39, 0.29) is 11.9 Å². The van der Waals surface area contributed by atoms with Crippen molar-refractivity contribution in [2.24, 2.45) is 0 Å². The molecular weight excluding hydrogens is 360 g/mol. The number of hydrogen-bond acceptors (Lipinski definition) is 2. The van der Waals surface area contributed by atoms with Crippen molar-refractivity contribution in [1.29, 1.82) is 0 Å². The van der Waals surface area contributed by atoms with E-state index in [4.69, 9.17) is 0 Å². The van der Waals surface area contributed by atoms with Crippen LogP contribution in [0.25, 0.3) is 0 Å². The second-order valence-corrected chi connectivity index (χ2v) is 7.82. The van der Waals surface area contributed by atoms with Crippen molar-refractivity contribution in [2.45, 2.75) is 38.4 Å². The Morgan fingerprint density at radius 3 is 2.59 bits per heavy atom. The van der Waals surface area contributed by atoms with Crippen LogP contribution in [0.4, 0.5) is 0 Å². The third-order valence-corrected chi connectivity index (χ3v) is 5.72. The van der Waals surface area contributed by atoms with Gasteiger partial charge in [-0.15, -0.1) is 0 Å². The van der Waals surface area contributed by atoms with Gasteiger partial charge in [-0.2, -0.15) is 0 Å². The molecule has 5 heteroatoms. The Balaban J connectivity index is 1.26. The van der Waals surface area contributed by atoms with Gasteiger partial charge < -0.3 is 14.8 Å². The van der Waals surface area contributed by atoms with Crippen molar-refractivity contribution < 1.29 is 9.69 Å². The predicted octanol–water partition coefficient (Wildman–Crippen LogP) is 2.10. The molecule has 0 unspecified atom stereocenters. The standard InChI is InChI=1S/C24H28N4O/c29-24(23-10-6-15-28(23)18-13-21-9-4-5-14-25-21)26-22-11-16-27(17-12-22)19-20-7-2-1-3-8-20/h1-10,14-15,22H,11-13,16-19H2,(H,26,29)/p+1. The fraction of sp³-hybridized carbons (Fsp3) is 0.333. The Morgan fingerprint density at radius 1 is 1.03 bits per heavy atom. The molecule has 1 fully saturated rings. The smallest absolute Gasteiger partial charge is 0.268 e. The fourth-order valence-electron chi connectivity index (χ4n) is 4.09. The highest BCUT2D eigenvalue weighted by Gasteiger charge is 2.24. The van der Waals surface area contributed by atoms with Crippen LogP contribution in [0.15, 0.2) is 73.1 Å². The number of nitrogens with zero attached hydrogens (tertiary/aromatic N) is 2. The summed E-state index contributed by atoms with van der Waals surface area (Å²) in [5.74, 6) is 0.0348. The molecule has 2 N–H and O–H groups in total. The van der Waals surface area contributed by atoms with E-state index >= 15 is 0 Å². The van der Waals surface area contributed by atoms with E-state index in [1.165, 1.54) is 5.56 Å². The fourth-order valence-corrected chi connectivity index (χ4v) is 4.09. The van der Waals surface area contributed by atoms with Gasteiger partial charge in [-0.05, 0) is 24.3 Å². The molecule has 0 atom stereocenters. The highest BCUT2D eigenvalue weighted by molar-refractivity contribution is 5.92. The van der Waals surface area contributed by atoms with Crippen molar-refractivity contribution in [2.75, 3.05) is 13.1 Å². The highest BCUT2D eigenvalue weighted by Crippen LogP contribution is 2.08. The number of carbonyl (C=O) groups is 1. The number of likely N-dealkylation sites (tertiary alicyclic amines) is 1. The quantitative estimate of drug-likeness (QED) is 0.650. The van der Waals surface area contributed by atoms with Gasteiger partial charge in [0, 0.05) is 55.5 Å². The van der Waals surface area contributed by atoms with Crippen molar-refractivity contribution >= 4 is 5.91 Å². The number of aromatic nitrogens is 2. The Kier molecular flexibility index (Phi) is 6.37. The largest absolute Gasteiger partial charge is 0.348 e. The normalized spacial score (nSPS) is 19.0. The summed E-state index contributed by atoms with van der Waals surface area (Å²) in [6, 6.07) is 20.7. The topological polar surface area (TPSA) is 51.4 Å².